The normalized spacial score (nSPS) is 10.9. The van der Waals surface area contributed by atoms with Crippen LogP contribution in [0.3, 0.4) is 0 Å². The lowest BCUT2D eigenvalue weighted by molar-refractivity contribution is 0.647. The maximum absolute atomic E-state index is 12.0. The molecule has 0 aliphatic heterocycles. The van der Waals surface area contributed by atoms with Crippen LogP contribution in [-0.2, 0) is 13.0 Å². The van der Waals surface area contributed by atoms with Crippen molar-refractivity contribution in [1.29, 1.82) is 0 Å². The highest BCUT2D eigenvalue weighted by atomic mass is 32.1. The first-order valence-electron chi connectivity index (χ1n) is 6.67. The van der Waals surface area contributed by atoms with Gasteiger partial charge in [0.15, 0.2) is 0 Å². The van der Waals surface area contributed by atoms with Gasteiger partial charge in [0.1, 0.15) is 0 Å². The molecule has 0 radical (unpaired) electrons. The number of nitrogens with two attached hydrogens (primary N) is 1. The molecular formula is C15H20N2OS. The van der Waals surface area contributed by atoms with Crippen molar-refractivity contribution in [2.24, 2.45) is 5.73 Å². The van der Waals surface area contributed by atoms with E-state index in [0.29, 0.717) is 13.1 Å². The zero-order valence-corrected chi connectivity index (χ0v) is 12.3. The Morgan fingerprint density at radius 3 is 2.53 bits per heavy atom. The van der Waals surface area contributed by atoms with Crippen LogP contribution >= 0.6 is 11.3 Å². The summed E-state index contributed by atoms with van der Waals surface area (Å²) in [4.78, 5) is 13.2. The molecule has 0 bridgehead atoms. The summed E-state index contributed by atoms with van der Waals surface area (Å²) < 4.78 is 1.85. The molecule has 102 valence electrons. The van der Waals surface area contributed by atoms with Gasteiger partial charge < -0.3 is 5.73 Å². The second-order valence-corrected chi connectivity index (χ2v) is 5.78. The third kappa shape index (κ3) is 2.96. The van der Waals surface area contributed by atoms with E-state index in [4.69, 9.17) is 5.73 Å². The van der Waals surface area contributed by atoms with Gasteiger partial charge in [-0.1, -0.05) is 42.5 Å². The van der Waals surface area contributed by atoms with Crippen molar-refractivity contribution in [2.75, 3.05) is 6.54 Å². The highest BCUT2D eigenvalue weighted by Crippen LogP contribution is 2.25. The molecule has 0 fully saturated rings. The average Bonchev–Trinajstić information content (AvgIpc) is 2.71. The molecule has 1 heterocycles. The summed E-state index contributed by atoms with van der Waals surface area (Å²) in [6.07, 6.45) is 1.86. The smallest absolute Gasteiger partial charge is 0.307 e. The van der Waals surface area contributed by atoms with Crippen molar-refractivity contribution in [2.45, 2.75) is 33.2 Å². The van der Waals surface area contributed by atoms with E-state index in [1.54, 1.807) is 0 Å². The molecule has 0 amide bonds. The van der Waals surface area contributed by atoms with Crippen molar-refractivity contribution in [1.82, 2.24) is 4.57 Å². The fourth-order valence-corrected chi connectivity index (χ4v) is 3.11. The third-order valence-electron chi connectivity index (χ3n) is 3.29. The van der Waals surface area contributed by atoms with Gasteiger partial charge in [0.25, 0.3) is 0 Å². The number of benzene rings is 1. The molecule has 0 aliphatic rings. The van der Waals surface area contributed by atoms with Gasteiger partial charge in [0.2, 0.25) is 0 Å². The van der Waals surface area contributed by atoms with Crippen LogP contribution in [0, 0.1) is 6.92 Å². The molecule has 0 aliphatic carbocycles. The van der Waals surface area contributed by atoms with Gasteiger partial charge in [-0.25, -0.2) is 0 Å². The Morgan fingerprint density at radius 2 is 1.95 bits per heavy atom. The predicted molar refractivity (Wildman–Crippen MR) is 81.8 cm³/mol. The van der Waals surface area contributed by atoms with Gasteiger partial charge >= 0.3 is 4.87 Å². The molecule has 2 aromatic rings. The van der Waals surface area contributed by atoms with E-state index in [9.17, 15) is 4.79 Å². The number of thiazole rings is 1. The Balaban J connectivity index is 2.44. The van der Waals surface area contributed by atoms with Crippen LogP contribution in [0.4, 0.5) is 0 Å². The van der Waals surface area contributed by atoms with E-state index in [2.05, 4.69) is 31.2 Å². The van der Waals surface area contributed by atoms with Crippen molar-refractivity contribution in [3.05, 3.63) is 44.4 Å². The lowest BCUT2D eigenvalue weighted by Gasteiger charge is -2.09. The zero-order chi connectivity index (χ0) is 13.8. The van der Waals surface area contributed by atoms with E-state index in [1.165, 1.54) is 16.9 Å². The van der Waals surface area contributed by atoms with Crippen LogP contribution in [0.25, 0.3) is 11.3 Å². The third-order valence-corrected chi connectivity index (χ3v) is 4.18. The van der Waals surface area contributed by atoms with E-state index in [-0.39, 0.29) is 4.87 Å². The molecule has 0 atom stereocenters. The maximum atomic E-state index is 12.0. The monoisotopic (exact) mass is 276 g/mol. The molecule has 1 aromatic carbocycles. The van der Waals surface area contributed by atoms with Gasteiger partial charge in [-0.2, -0.15) is 0 Å². The summed E-state index contributed by atoms with van der Waals surface area (Å²) in [5.41, 5.74) is 9.02. The molecule has 0 saturated carbocycles. The van der Waals surface area contributed by atoms with Gasteiger partial charge in [-0.05, 0) is 37.4 Å². The lowest BCUT2D eigenvalue weighted by atomic mass is 10.1. The molecule has 2 N–H and O–H groups in total. The largest absolute Gasteiger partial charge is 0.330 e. The highest BCUT2D eigenvalue weighted by molar-refractivity contribution is 7.09. The Hall–Kier alpha value is -1.39. The number of hydrogen-bond donors (Lipinski definition) is 1. The van der Waals surface area contributed by atoms with E-state index >= 15 is 0 Å². The maximum Gasteiger partial charge on any atom is 0.307 e. The first-order valence-corrected chi connectivity index (χ1v) is 7.48. The Kier molecular flexibility index (Phi) is 4.56. The van der Waals surface area contributed by atoms with E-state index in [1.807, 2.05) is 11.5 Å². The number of aromatic nitrogens is 1. The summed E-state index contributed by atoms with van der Waals surface area (Å²) in [5, 5.41) is 0. The Morgan fingerprint density at radius 1 is 1.26 bits per heavy atom. The van der Waals surface area contributed by atoms with Gasteiger partial charge in [-0.3, -0.25) is 9.36 Å². The molecule has 4 heteroatoms. The molecule has 1 aromatic heterocycles. The fraction of sp³-hybridized carbons (Fsp3) is 0.400. The summed E-state index contributed by atoms with van der Waals surface area (Å²) in [6.45, 7) is 5.45. The first-order chi connectivity index (χ1) is 9.17. The number of hydrogen-bond acceptors (Lipinski definition) is 3. The predicted octanol–water partition coefficient (Wildman–Crippen LogP) is 2.80. The molecule has 2 rings (SSSR count). The first kappa shape index (κ1) is 14.0. The zero-order valence-electron chi connectivity index (χ0n) is 11.5. The number of rotatable bonds is 5. The summed E-state index contributed by atoms with van der Waals surface area (Å²) in [6, 6.07) is 8.47. The van der Waals surface area contributed by atoms with Crippen LogP contribution in [0.2, 0.25) is 0 Å². The molecule has 0 spiro atoms. The van der Waals surface area contributed by atoms with Crippen LogP contribution in [0.15, 0.2) is 29.1 Å². The van der Waals surface area contributed by atoms with Crippen LogP contribution in [0.5, 0.6) is 0 Å². The number of aryl methyl sites for hydroxylation is 2. The molecular weight excluding hydrogens is 256 g/mol. The molecule has 0 saturated heterocycles. The minimum Gasteiger partial charge on any atom is -0.330 e. The van der Waals surface area contributed by atoms with Crippen LogP contribution in [-0.4, -0.2) is 11.1 Å². The van der Waals surface area contributed by atoms with Gasteiger partial charge in [0.05, 0.1) is 5.69 Å². The van der Waals surface area contributed by atoms with Crippen molar-refractivity contribution >= 4 is 11.3 Å². The topological polar surface area (TPSA) is 48.0 Å². The summed E-state index contributed by atoms with van der Waals surface area (Å²) in [5.74, 6) is 0. The van der Waals surface area contributed by atoms with Crippen LogP contribution in [0.1, 0.15) is 23.8 Å². The Bertz CT molecular complexity index is 596. The van der Waals surface area contributed by atoms with E-state index in [0.717, 1.165) is 29.0 Å². The minimum atomic E-state index is 0.112. The summed E-state index contributed by atoms with van der Waals surface area (Å²) >= 11 is 1.32. The summed E-state index contributed by atoms with van der Waals surface area (Å²) in [7, 11) is 0. The molecule has 19 heavy (non-hydrogen) atoms. The lowest BCUT2D eigenvalue weighted by Crippen LogP contribution is -2.16. The quantitative estimate of drug-likeness (QED) is 0.913. The average molecular weight is 276 g/mol. The molecule has 0 unspecified atom stereocenters. The van der Waals surface area contributed by atoms with Crippen molar-refractivity contribution < 1.29 is 0 Å². The second kappa shape index (κ2) is 6.17. The standard InChI is InChI=1S/C15H20N2OS/c1-3-12-5-7-13(8-6-12)14-11(2)19-15(18)17(14)10-4-9-16/h5-8H,3-4,9-10,16H2,1-2H3. The van der Waals surface area contributed by atoms with E-state index < -0.39 is 0 Å². The van der Waals surface area contributed by atoms with Gasteiger partial charge in [-0.15, -0.1) is 0 Å². The highest BCUT2D eigenvalue weighted by Gasteiger charge is 2.13. The second-order valence-electron chi connectivity index (χ2n) is 4.62. The molecule has 3 nitrogen and oxygen atoms in total. The van der Waals surface area contributed by atoms with Crippen molar-refractivity contribution in [3.63, 3.8) is 0 Å². The number of nitrogens with zero attached hydrogens (tertiary/aromatic N) is 1. The van der Waals surface area contributed by atoms with Gasteiger partial charge in [0, 0.05) is 11.4 Å². The Labute approximate surface area is 117 Å². The van der Waals surface area contributed by atoms with Crippen LogP contribution < -0.4 is 10.6 Å². The SMILES string of the molecule is CCc1ccc(-c2c(C)sc(=O)n2CCCN)cc1. The fourth-order valence-electron chi connectivity index (χ4n) is 2.23. The minimum absolute atomic E-state index is 0.112. The van der Waals surface area contributed by atoms with Crippen molar-refractivity contribution in [3.8, 4) is 11.3 Å².